The van der Waals surface area contributed by atoms with E-state index in [1.165, 1.54) is 0 Å². The van der Waals surface area contributed by atoms with Crippen molar-refractivity contribution < 1.29 is 14.9 Å². The van der Waals surface area contributed by atoms with Crippen molar-refractivity contribution >= 4 is 9.52 Å². The molecule has 0 rings (SSSR count). The van der Waals surface area contributed by atoms with Crippen molar-refractivity contribution in [3.63, 3.8) is 0 Å². The van der Waals surface area contributed by atoms with Gasteiger partial charge in [-0.1, -0.05) is 19.4 Å². The Morgan fingerprint density at radius 2 is 1.73 bits per heavy atom. The molecule has 0 amide bonds. The lowest BCUT2D eigenvalue weighted by Crippen LogP contribution is -1.96. The molecule has 0 bridgehead atoms. The van der Waals surface area contributed by atoms with Gasteiger partial charge in [-0.15, -0.1) is 0 Å². The normalized spacial score (nSPS) is 9.55. The first-order valence-corrected chi connectivity index (χ1v) is 5.12. The molecule has 3 nitrogen and oxygen atoms in total. The average Bonchev–Trinajstić information content (AvgIpc) is 1.90. The molecule has 0 aliphatic carbocycles. The first-order valence-electron chi connectivity index (χ1n) is 3.48. The van der Waals surface area contributed by atoms with Gasteiger partial charge in [0.25, 0.3) is 5.95 Å². The van der Waals surface area contributed by atoms with Crippen molar-refractivity contribution in [2.75, 3.05) is 14.2 Å². The van der Waals surface area contributed by atoms with Gasteiger partial charge in [-0.3, -0.25) is 0 Å². The van der Waals surface area contributed by atoms with E-state index in [0.29, 0.717) is 5.95 Å². The summed E-state index contributed by atoms with van der Waals surface area (Å²) in [5.74, 6) is 0.667. The van der Waals surface area contributed by atoms with Crippen LogP contribution in [0.4, 0.5) is 0 Å². The Morgan fingerprint density at radius 3 is 2.00 bits per heavy atom. The van der Waals surface area contributed by atoms with Gasteiger partial charge in [-0.2, -0.15) is 0 Å². The van der Waals surface area contributed by atoms with E-state index in [9.17, 15) is 0 Å². The molecule has 0 aromatic carbocycles. The largest absolute Gasteiger partial charge is 0.469 e. The van der Waals surface area contributed by atoms with Crippen molar-refractivity contribution in [1.29, 1.82) is 0 Å². The lowest BCUT2D eigenvalue weighted by atomic mass is 10.6. The summed E-state index contributed by atoms with van der Waals surface area (Å²) in [7, 11) is 3.12. The van der Waals surface area contributed by atoms with Gasteiger partial charge in [-0.05, 0) is 5.70 Å². The molecule has 0 saturated carbocycles. The first-order chi connectivity index (χ1) is 4.70. The van der Waals surface area contributed by atoms with Gasteiger partial charge < -0.3 is 14.9 Å². The van der Waals surface area contributed by atoms with Crippen LogP contribution in [0.5, 0.6) is 0 Å². The molecule has 0 atom stereocenters. The van der Waals surface area contributed by atoms with Gasteiger partial charge in [0, 0.05) is 0 Å². The van der Waals surface area contributed by atoms with Crippen LogP contribution in [0.1, 0.15) is 13.8 Å². The third-order valence-corrected chi connectivity index (χ3v) is 2.67. The molecule has 0 spiro atoms. The molecular weight excluding hydrogens is 160 g/mol. The molecule has 4 heteroatoms. The van der Waals surface area contributed by atoms with Gasteiger partial charge in [0.1, 0.15) is 0 Å². The Bertz CT molecular complexity index is 106. The SMILES string of the molecule is COC(=C[SiH2]C(C)C)OC.O. The smallest absolute Gasteiger partial charge is 0.269 e. The highest BCUT2D eigenvalue weighted by molar-refractivity contribution is 6.43. The minimum atomic E-state index is -0.135. The van der Waals surface area contributed by atoms with Crippen LogP contribution in [0.3, 0.4) is 0 Å². The Kier molecular flexibility index (Phi) is 9.10. The molecule has 0 aliphatic heterocycles. The van der Waals surface area contributed by atoms with E-state index >= 15 is 0 Å². The lowest BCUT2D eigenvalue weighted by Gasteiger charge is -2.03. The van der Waals surface area contributed by atoms with Crippen molar-refractivity contribution in [2.24, 2.45) is 0 Å². The predicted molar refractivity (Wildman–Crippen MR) is 49.4 cm³/mol. The zero-order chi connectivity index (χ0) is 7.98. The van der Waals surface area contributed by atoms with E-state index in [0.717, 1.165) is 5.54 Å². The molecule has 68 valence electrons. The summed E-state index contributed by atoms with van der Waals surface area (Å²) >= 11 is 0. The molecule has 11 heavy (non-hydrogen) atoms. The molecule has 0 aliphatic rings. The van der Waals surface area contributed by atoms with E-state index in [1.807, 2.05) is 0 Å². The second-order valence-corrected chi connectivity index (χ2v) is 5.07. The molecule has 2 N–H and O–H groups in total. The first kappa shape index (κ1) is 13.1. The zero-order valence-corrected chi connectivity index (χ0v) is 9.09. The zero-order valence-electron chi connectivity index (χ0n) is 7.68. The van der Waals surface area contributed by atoms with Gasteiger partial charge in [0.15, 0.2) is 0 Å². The van der Waals surface area contributed by atoms with Crippen LogP contribution >= 0.6 is 0 Å². The quantitative estimate of drug-likeness (QED) is 0.458. The van der Waals surface area contributed by atoms with Crippen LogP contribution in [0.15, 0.2) is 11.6 Å². The fraction of sp³-hybridized carbons (Fsp3) is 0.714. The second kappa shape index (κ2) is 7.62. The van der Waals surface area contributed by atoms with Gasteiger partial charge in [-0.25, -0.2) is 0 Å². The minimum absolute atomic E-state index is 0. The Balaban J connectivity index is 0. The number of hydrogen-bond donors (Lipinski definition) is 0. The Hall–Kier alpha value is -0.483. The summed E-state index contributed by atoms with van der Waals surface area (Å²) in [4.78, 5) is 0. The molecule has 0 fully saturated rings. The highest BCUT2D eigenvalue weighted by Crippen LogP contribution is 2.01. The summed E-state index contributed by atoms with van der Waals surface area (Å²) in [6.07, 6.45) is 0. The summed E-state index contributed by atoms with van der Waals surface area (Å²) in [6, 6.07) is 0. The molecule has 0 heterocycles. The predicted octanol–water partition coefficient (Wildman–Crippen LogP) is 0.251. The van der Waals surface area contributed by atoms with Crippen LogP contribution < -0.4 is 0 Å². The maximum absolute atomic E-state index is 4.92. The summed E-state index contributed by atoms with van der Waals surface area (Å²) in [5, 5.41) is 0. The highest BCUT2D eigenvalue weighted by atomic mass is 28.2. The fourth-order valence-electron chi connectivity index (χ4n) is 0.582. The lowest BCUT2D eigenvalue weighted by molar-refractivity contribution is 0.0964. The third kappa shape index (κ3) is 7.41. The maximum Gasteiger partial charge on any atom is 0.269 e. The van der Waals surface area contributed by atoms with Crippen molar-refractivity contribution in [2.45, 2.75) is 19.4 Å². The topological polar surface area (TPSA) is 50.0 Å². The maximum atomic E-state index is 4.92. The number of methoxy groups -OCH3 is 2. The van der Waals surface area contributed by atoms with E-state index in [2.05, 4.69) is 19.5 Å². The van der Waals surface area contributed by atoms with Gasteiger partial charge >= 0.3 is 0 Å². The standard InChI is InChI=1S/C7H16O2Si.H2O/c1-6(2)10-5-7(8-3)9-4;/h5-6H,10H2,1-4H3;1H2. The average molecular weight is 178 g/mol. The molecule has 0 aromatic rings. The van der Waals surface area contributed by atoms with E-state index in [4.69, 9.17) is 9.47 Å². The van der Waals surface area contributed by atoms with E-state index < -0.39 is 0 Å². The number of rotatable bonds is 4. The van der Waals surface area contributed by atoms with Crippen molar-refractivity contribution in [3.05, 3.63) is 11.6 Å². The number of hydrogen-bond acceptors (Lipinski definition) is 2. The Morgan fingerprint density at radius 1 is 1.27 bits per heavy atom. The fourth-order valence-corrected chi connectivity index (χ4v) is 1.58. The molecule has 0 unspecified atom stereocenters. The van der Waals surface area contributed by atoms with Crippen LogP contribution in [-0.4, -0.2) is 29.2 Å². The van der Waals surface area contributed by atoms with Crippen LogP contribution in [0.2, 0.25) is 5.54 Å². The van der Waals surface area contributed by atoms with E-state index in [-0.39, 0.29) is 15.0 Å². The van der Waals surface area contributed by atoms with Crippen LogP contribution in [0.25, 0.3) is 0 Å². The third-order valence-electron chi connectivity index (χ3n) is 1.16. The van der Waals surface area contributed by atoms with Crippen LogP contribution in [0, 0.1) is 0 Å². The highest BCUT2D eigenvalue weighted by Gasteiger charge is 1.95. The number of ether oxygens (including phenoxy) is 2. The molecule has 0 radical (unpaired) electrons. The van der Waals surface area contributed by atoms with Crippen molar-refractivity contribution in [1.82, 2.24) is 0 Å². The summed E-state index contributed by atoms with van der Waals surface area (Å²) < 4.78 is 9.85. The summed E-state index contributed by atoms with van der Waals surface area (Å²) in [5.41, 5.74) is 2.88. The second-order valence-electron chi connectivity index (χ2n) is 2.56. The Labute approximate surface area is 70.5 Å². The molecular formula is C7H18O3Si. The van der Waals surface area contributed by atoms with E-state index in [1.54, 1.807) is 14.2 Å². The van der Waals surface area contributed by atoms with Gasteiger partial charge in [0.2, 0.25) is 0 Å². The molecule has 0 aromatic heterocycles. The molecule has 0 saturated heterocycles. The van der Waals surface area contributed by atoms with Gasteiger partial charge in [0.05, 0.1) is 23.7 Å². The minimum Gasteiger partial charge on any atom is -0.469 e. The monoisotopic (exact) mass is 178 g/mol. The van der Waals surface area contributed by atoms with Crippen molar-refractivity contribution in [3.8, 4) is 0 Å². The summed E-state index contributed by atoms with van der Waals surface area (Å²) in [6.45, 7) is 4.43. The van der Waals surface area contributed by atoms with Crippen LogP contribution in [-0.2, 0) is 9.47 Å².